The minimum Gasteiger partial charge on any atom is -0.316 e. The molecule has 1 aromatic rings. The van der Waals surface area contributed by atoms with Crippen LogP contribution in [0.1, 0.15) is 42.8 Å². The minimum absolute atomic E-state index is 0.835. The number of hydrogen-bond donors (Lipinski definition) is 2. The van der Waals surface area contributed by atoms with Gasteiger partial charge in [0, 0.05) is 36.1 Å². The van der Waals surface area contributed by atoms with Gasteiger partial charge in [-0.3, -0.25) is 0 Å². The van der Waals surface area contributed by atoms with Crippen molar-refractivity contribution in [2.45, 2.75) is 57.5 Å². The fourth-order valence-corrected chi connectivity index (χ4v) is 4.33. The van der Waals surface area contributed by atoms with E-state index in [1.807, 2.05) is 0 Å². The van der Waals surface area contributed by atoms with E-state index in [1.54, 1.807) is 11.3 Å². The Kier molecular flexibility index (Phi) is 4.51. The Morgan fingerprint density at radius 1 is 1.32 bits per heavy atom. The molecule has 106 valence electrons. The van der Waals surface area contributed by atoms with Gasteiger partial charge in [0.25, 0.3) is 0 Å². The van der Waals surface area contributed by atoms with Crippen LogP contribution in [0, 0.1) is 12.8 Å². The number of nitrogens with one attached hydrogen (secondary N) is 2. The fraction of sp³-hybridized carbons (Fsp3) is 0.800. The van der Waals surface area contributed by atoms with E-state index >= 15 is 0 Å². The van der Waals surface area contributed by atoms with Crippen molar-refractivity contribution in [3.05, 3.63) is 16.1 Å². The molecule has 2 unspecified atom stereocenters. The molecule has 0 radical (unpaired) electrons. The standard InChI is InChI=1S/C15H25N3S/c1-11-10-19-15(17-11)5-7-16-6-4-12-8-13-2-3-14(9-12)18-13/h10,12-14,16,18H,2-9H2,1H3. The maximum atomic E-state index is 4.50. The fourth-order valence-electron chi connectivity index (χ4n) is 3.55. The molecular weight excluding hydrogens is 254 g/mol. The van der Waals surface area contributed by atoms with Crippen LogP contribution in [0.5, 0.6) is 0 Å². The van der Waals surface area contributed by atoms with E-state index in [-0.39, 0.29) is 0 Å². The van der Waals surface area contributed by atoms with Crippen LogP contribution in [0.3, 0.4) is 0 Å². The quantitative estimate of drug-likeness (QED) is 0.786. The van der Waals surface area contributed by atoms with Crippen LogP contribution in [0.2, 0.25) is 0 Å². The van der Waals surface area contributed by atoms with Crippen molar-refractivity contribution >= 4 is 11.3 Å². The molecule has 1 aromatic heterocycles. The summed E-state index contributed by atoms with van der Waals surface area (Å²) in [7, 11) is 0. The molecular formula is C15H25N3S. The van der Waals surface area contributed by atoms with Gasteiger partial charge in [0.1, 0.15) is 0 Å². The Bertz CT molecular complexity index is 392. The average Bonchev–Trinajstić information content (AvgIpc) is 2.95. The molecule has 2 atom stereocenters. The first-order valence-electron chi connectivity index (χ1n) is 7.67. The number of piperidine rings is 1. The van der Waals surface area contributed by atoms with E-state index in [4.69, 9.17) is 0 Å². The normalized spacial score (nSPS) is 29.8. The summed E-state index contributed by atoms with van der Waals surface area (Å²) < 4.78 is 0. The molecule has 3 heterocycles. The van der Waals surface area contributed by atoms with Crippen molar-refractivity contribution in [3.8, 4) is 0 Å². The molecule has 3 nitrogen and oxygen atoms in total. The van der Waals surface area contributed by atoms with Crippen molar-refractivity contribution in [2.75, 3.05) is 13.1 Å². The maximum Gasteiger partial charge on any atom is 0.0940 e. The summed E-state index contributed by atoms with van der Waals surface area (Å²) in [5, 5.41) is 10.7. The van der Waals surface area contributed by atoms with E-state index < -0.39 is 0 Å². The van der Waals surface area contributed by atoms with E-state index in [2.05, 4.69) is 27.9 Å². The Morgan fingerprint density at radius 2 is 2.11 bits per heavy atom. The van der Waals surface area contributed by atoms with Crippen LogP contribution >= 0.6 is 11.3 Å². The molecule has 0 aliphatic carbocycles. The lowest BCUT2D eigenvalue weighted by molar-refractivity contribution is 0.283. The van der Waals surface area contributed by atoms with Crippen molar-refractivity contribution in [3.63, 3.8) is 0 Å². The number of nitrogens with zero attached hydrogens (tertiary/aromatic N) is 1. The lowest BCUT2D eigenvalue weighted by Crippen LogP contribution is -2.38. The summed E-state index contributed by atoms with van der Waals surface area (Å²) in [5.41, 5.74) is 1.16. The van der Waals surface area contributed by atoms with E-state index in [1.165, 1.54) is 43.7 Å². The highest BCUT2D eigenvalue weighted by Crippen LogP contribution is 2.32. The molecule has 0 amide bonds. The van der Waals surface area contributed by atoms with Crippen molar-refractivity contribution in [2.24, 2.45) is 5.92 Å². The third-order valence-corrected chi connectivity index (χ3v) is 5.51. The van der Waals surface area contributed by atoms with Gasteiger partial charge in [0.2, 0.25) is 0 Å². The molecule has 2 bridgehead atoms. The zero-order valence-electron chi connectivity index (χ0n) is 11.8. The second-order valence-electron chi connectivity index (χ2n) is 6.15. The zero-order chi connectivity index (χ0) is 13.1. The van der Waals surface area contributed by atoms with Crippen molar-refractivity contribution in [1.29, 1.82) is 0 Å². The minimum atomic E-state index is 0.835. The predicted octanol–water partition coefficient (Wildman–Crippen LogP) is 2.50. The molecule has 0 aromatic carbocycles. The number of rotatable bonds is 6. The third-order valence-electron chi connectivity index (χ3n) is 4.48. The summed E-state index contributed by atoms with van der Waals surface area (Å²) in [6.45, 7) is 4.32. The molecule has 3 rings (SSSR count). The summed E-state index contributed by atoms with van der Waals surface area (Å²) in [5.74, 6) is 0.952. The highest BCUT2D eigenvalue weighted by atomic mass is 32.1. The summed E-state index contributed by atoms with van der Waals surface area (Å²) >= 11 is 1.79. The first kappa shape index (κ1) is 13.5. The zero-order valence-corrected chi connectivity index (χ0v) is 12.6. The number of thiazole rings is 1. The molecule has 0 saturated carbocycles. The van der Waals surface area contributed by atoms with Crippen molar-refractivity contribution < 1.29 is 0 Å². The number of fused-ring (bicyclic) bond motifs is 2. The summed E-state index contributed by atoms with van der Waals surface area (Å²) in [6, 6.07) is 1.67. The van der Waals surface area contributed by atoms with E-state index in [9.17, 15) is 0 Å². The van der Waals surface area contributed by atoms with Crippen LogP contribution in [-0.4, -0.2) is 30.2 Å². The van der Waals surface area contributed by atoms with Gasteiger partial charge in [0.15, 0.2) is 0 Å². The van der Waals surface area contributed by atoms with Gasteiger partial charge in [-0.2, -0.15) is 0 Å². The lowest BCUT2D eigenvalue weighted by atomic mass is 9.90. The Labute approximate surface area is 120 Å². The number of aryl methyl sites for hydroxylation is 1. The first-order chi connectivity index (χ1) is 9.29. The van der Waals surface area contributed by atoms with Crippen LogP contribution in [-0.2, 0) is 6.42 Å². The Balaban J connectivity index is 1.29. The average molecular weight is 279 g/mol. The second kappa shape index (κ2) is 6.33. The monoisotopic (exact) mass is 279 g/mol. The topological polar surface area (TPSA) is 37.0 Å². The van der Waals surface area contributed by atoms with E-state index in [0.717, 1.165) is 36.7 Å². The van der Waals surface area contributed by atoms with Crippen LogP contribution < -0.4 is 10.6 Å². The Hall–Kier alpha value is -0.450. The molecule has 2 aliphatic heterocycles. The van der Waals surface area contributed by atoms with Crippen LogP contribution in [0.15, 0.2) is 5.38 Å². The van der Waals surface area contributed by atoms with Gasteiger partial charge in [-0.05, 0) is 51.5 Å². The lowest BCUT2D eigenvalue weighted by Gasteiger charge is -2.29. The van der Waals surface area contributed by atoms with Crippen LogP contribution in [0.25, 0.3) is 0 Å². The first-order valence-corrected chi connectivity index (χ1v) is 8.55. The largest absolute Gasteiger partial charge is 0.316 e. The van der Waals surface area contributed by atoms with Gasteiger partial charge >= 0.3 is 0 Å². The molecule has 2 saturated heterocycles. The van der Waals surface area contributed by atoms with Gasteiger partial charge < -0.3 is 10.6 Å². The number of hydrogen-bond acceptors (Lipinski definition) is 4. The smallest absolute Gasteiger partial charge is 0.0940 e. The predicted molar refractivity (Wildman–Crippen MR) is 80.7 cm³/mol. The molecule has 2 aliphatic rings. The van der Waals surface area contributed by atoms with Crippen molar-refractivity contribution in [1.82, 2.24) is 15.6 Å². The molecule has 0 spiro atoms. The highest BCUT2D eigenvalue weighted by molar-refractivity contribution is 7.09. The highest BCUT2D eigenvalue weighted by Gasteiger charge is 2.32. The molecule has 2 fully saturated rings. The second-order valence-corrected chi connectivity index (χ2v) is 7.09. The van der Waals surface area contributed by atoms with Gasteiger partial charge in [-0.15, -0.1) is 11.3 Å². The van der Waals surface area contributed by atoms with E-state index in [0.29, 0.717) is 0 Å². The number of aromatic nitrogens is 1. The van der Waals surface area contributed by atoms with Gasteiger partial charge in [-0.1, -0.05) is 0 Å². The third kappa shape index (κ3) is 3.77. The molecule has 4 heteroatoms. The van der Waals surface area contributed by atoms with Gasteiger partial charge in [0.05, 0.1) is 5.01 Å². The summed E-state index contributed by atoms with van der Waals surface area (Å²) in [6.07, 6.45) is 8.07. The molecule has 19 heavy (non-hydrogen) atoms. The van der Waals surface area contributed by atoms with Crippen LogP contribution in [0.4, 0.5) is 0 Å². The summed E-state index contributed by atoms with van der Waals surface area (Å²) in [4.78, 5) is 4.50. The Morgan fingerprint density at radius 3 is 2.79 bits per heavy atom. The molecule has 2 N–H and O–H groups in total. The van der Waals surface area contributed by atoms with Gasteiger partial charge in [-0.25, -0.2) is 4.98 Å². The SMILES string of the molecule is Cc1csc(CCNCCC2CC3CCC(C2)N3)n1. The maximum absolute atomic E-state index is 4.50.